The van der Waals surface area contributed by atoms with Gasteiger partial charge in [0.15, 0.2) is 12.6 Å². The van der Waals surface area contributed by atoms with Crippen LogP contribution >= 0.6 is 0 Å². The summed E-state index contributed by atoms with van der Waals surface area (Å²) < 4.78 is 6.49. The third kappa shape index (κ3) is 5.96. The van der Waals surface area contributed by atoms with E-state index in [0.29, 0.717) is 17.8 Å². The predicted molar refractivity (Wildman–Crippen MR) is 107 cm³/mol. The van der Waals surface area contributed by atoms with Crippen LogP contribution in [0.25, 0.3) is 0 Å². The number of hydrogen-bond acceptors (Lipinski definition) is 7. The van der Waals surface area contributed by atoms with E-state index in [2.05, 4.69) is 26.2 Å². The van der Waals surface area contributed by atoms with Crippen LogP contribution in [0.5, 0.6) is 0 Å². The minimum atomic E-state index is -0.799. The topological polar surface area (TPSA) is 128 Å². The molecule has 2 N–H and O–H groups in total. The first-order chi connectivity index (χ1) is 14.5. The van der Waals surface area contributed by atoms with Gasteiger partial charge in [0.1, 0.15) is 6.33 Å². The standard InChI is InChI=1S/C20H20N6O4/c1-14(27)22-16-7-9-17(10-8-16)23-19(28)12-30-20(29)18(26-13-21-24-25-26)11-15-5-3-2-4-6-15/h2-10,13,18H,11-12H2,1H3,(H,22,27)(H,23,28)/t18-/m1/s1. The molecular formula is C20H20N6O4. The molecule has 2 amide bonds. The van der Waals surface area contributed by atoms with Gasteiger partial charge in [-0.1, -0.05) is 30.3 Å². The van der Waals surface area contributed by atoms with Crippen molar-refractivity contribution in [3.05, 3.63) is 66.5 Å². The van der Waals surface area contributed by atoms with Crippen molar-refractivity contribution in [1.82, 2.24) is 20.2 Å². The molecule has 1 atom stereocenters. The van der Waals surface area contributed by atoms with Crippen LogP contribution < -0.4 is 10.6 Å². The van der Waals surface area contributed by atoms with E-state index in [-0.39, 0.29) is 5.91 Å². The Hall–Kier alpha value is -4.08. The SMILES string of the molecule is CC(=O)Nc1ccc(NC(=O)COC(=O)[C@@H](Cc2ccccc2)n2cnnn2)cc1. The number of anilines is 2. The molecule has 0 unspecified atom stereocenters. The van der Waals surface area contributed by atoms with Crippen LogP contribution in [0.15, 0.2) is 60.9 Å². The van der Waals surface area contributed by atoms with Crippen molar-refractivity contribution >= 4 is 29.2 Å². The maximum atomic E-state index is 12.6. The van der Waals surface area contributed by atoms with Gasteiger partial charge in [0.05, 0.1) is 0 Å². The lowest BCUT2D eigenvalue weighted by Crippen LogP contribution is -2.28. The summed E-state index contributed by atoms with van der Waals surface area (Å²) in [5.74, 6) is -1.31. The van der Waals surface area contributed by atoms with Gasteiger partial charge in [-0.05, 0) is 40.3 Å². The number of hydrogen-bond donors (Lipinski definition) is 2. The minimum absolute atomic E-state index is 0.189. The lowest BCUT2D eigenvalue weighted by Gasteiger charge is -2.15. The molecule has 10 heteroatoms. The molecule has 0 saturated carbocycles. The Morgan fingerprint density at radius 2 is 1.67 bits per heavy atom. The molecule has 0 radical (unpaired) electrons. The van der Waals surface area contributed by atoms with Crippen LogP contribution in [-0.4, -0.2) is 44.6 Å². The highest BCUT2D eigenvalue weighted by molar-refractivity contribution is 5.94. The van der Waals surface area contributed by atoms with Crippen LogP contribution in [0, 0.1) is 0 Å². The second-order valence-corrected chi connectivity index (χ2v) is 6.41. The second kappa shape index (κ2) is 9.92. The van der Waals surface area contributed by atoms with Gasteiger partial charge >= 0.3 is 5.97 Å². The van der Waals surface area contributed by atoms with Gasteiger partial charge in [-0.25, -0.2) is 9.48 Å². The van der Waals surface area contributed by atoms with Crippen molar-refractivity contribution in [2.24, 2.45) is 0 Å². The molecule has 0 aliphatic carbocycles. The molecule has 10 nitrogen and oxygen atoms in total. The van der Waals surface area contributed by atoms with E-state index >= 15 is 0 Å². The largest absolute Gasteiger partial charge is 0.454 e. The van der Waals surface area contributed by atoms with E-state index in [4.69, 9.17) is 4.74 Å². The number of rotatable bonds is 8. The van der Waals surface area contributed by atoms with Crippen LogP contribution in [0.4, 0.5) is 11.4 Å². The number of ether oxygens (including phenoxy) is 1. The maximum Gasteiger partial charge on any atom is 0.331 e. The Labute approximate surface area is 172 Å². The molecule has 154 valence electrons. The number of benzene rings is 2. The summed E-state index contributed by atoms with van der Waals surface area (Å²) in [6.07, 6.45) is 1.64. The van der Waals surface area contributed by atoms with Gasteiger partial charge in [0.2, 0.25) is 5.91 Å². The van der Waals surface area contributed by atoms with Crippen molar-refractivity contribution in [2.75, 3.05) is 17.2 Å². The third-order valence-electron chi connectivity index (χ3n) is 4.06. The molecule has 1 heterocycles. The molecule has 0 fully saturated rings. The van der Waals surface area contributed by atoms with E-state index in [1.807, 2.05) is 30.3 Å². The number of nitrogens with zero attached hydrogens (tertiary/aromatic N) is 4. The Morgan fingerprint density at radius 3 is 2.27 bits per heavy atom. The summed E-state index contributed by atoms with van der Waals surface area (Å²) in [7, 11) is 0. The zero-order chi connectivity index (χ0) is 21.3. The molecule has 2 aromatic carbocycles. The van der Waals surface area contributed by atoms with Crippen molar-refractivity contribution in [3.63, 3.8) is 0 Å². The molecule has 0 aliphatic heterocycles. The Bertz CT molecular complexity index is 990. The smallest absolute Gasteiger partial charge is 0.331 e. The Morgan fingerprint density at radius 1 is 1.00 bits per heavy atom. The van der Waals surface area contributed by atoms with Crippen molar-refractivity contribution in [2.45, 2.75) is 19.4 Å². The normalized spacial score (nSPS) is 11.4. The number of aromatic nitrogens is 4. The summed E-state index contributed by atoms with van der Waals surface area (Å²) >= 11 is 0. The predicted octanol–water partition coefficient (Wildman–Crippen LogP) is 1.60. The minimum Gasteiger partial charge on any atom is -0.454 e. The number of tetrazole rings is 1. The fraction of sp³-hybridized carbons (Fsp3) is 0.200. The Balaban J connectivity index is 1.56. The van der Waals surface area contributed by atoms with Gasteiger partial charge < -0.3 is 15.4 Å². The molecule has 30 heavy (non-hydrogen) atoms. The van der Waals surface area contributed by atoms with Crippen LogP contribution in [0.2, 0.25) is 0 Å². The Kier molecular flexibility index (Phi) is 6.83. The second-order valence-electron chi connectivity index (χ2n) is 6.41. The molecule has 0 aliphatic rings. The number of carbonyl (C=O) groups is 3. The maximum absolute atomic E-state index is 12.6. The summed E-state index contributed by atoms with van der Waals surface area (Å²) in [6, 6.07) is 15.1. The number of esters is 1. The lowest BCUT2D eigenvalue weighted by atomic mass is 10.1. The zero-order valence-corrected chi connectivity index (χ0v) is 16.2. The molecule has 1 aromatic heterocycles. The number of nitrogens with one attached hydrogen (secondary N) is 2. The first kappa shape index (κ1) is 20.6. The zero-order valence-electron chi connectivity index (χ0n) is 16.2. The van der Waals surface area contributed by atoms with Crippen LogP contribution in [0.3, 0.4) is 0 Å². The highest BCUT2D eigenvalue weighted by Gasteiger charge is 2.24. The molecular weight excluding hydrogens is 388 g/mol. The highest BCUT2D eigenvalue weighted by Crippen LogP contribution is 2.16. The third-order valence-corrected chi connectivity index (χ3v) is 4.06. The van der Waals surface area contributed by atoms with Crippen LogP contribution in [-0.2, 0) is 25.5 Å². The molecule has 3 rings (SSSR count). The van der Waals surface area contributed by atoms with Gasteiger partial charge in [0.25, 0.3) is 5.91 Å². The van der Waals surface area contributed by atoms with Gasteiger partial charge in [-0.3, -0.25) is 9.59 Å². The van der Waals surface area contributed by atoms with Gasteiger partial charge in [-0.15, -0.1) is 5.10 Å². The highest BCUT2D eigenvalue weighted by atomic mass is 16.5. The number of amides is 2. The fourth-order valence-electron chi connectivity index (χ4n) is 2.70. The molecule has 0 spiro atoms. The monoisotopic (exact) mass is 408 g/mol. The van der Waals surface area contributed by atoms with Gasteiger partial charge in [0, 0.05) is 24.7 Å². The van der Waals surface area contributed by atoms with Crippen LogP contribution in [0.1, 0.15) is 18.5 Å². The first-order valence-corrected chi connectivity index (χ1v) is 9.12. The van der Waals surface area contributed by atoms with E-state index in [1.165, 1.54) is 17.9 Å². The van der Waals surface area contributed by atoms with Gasteiger partial charge in [-0.2, -0.15) is 0 Å². The lowest BCUT2D eigenvalue weighted by molar-refractivity contribution is -0.151. The van der Waals surface area contributed by atoms with E-state index < -0.39 is 24.5 Å². The summed E-state index contributed by atoms with van der Waals surface area (Å²) in [6.45, 7) is 0.949. The molecule has 0 saturated heterocycles. The van der Waals surface area contributed by atoms with Crippen molar-refractivity contribution in [3.8, 4) is 0 Å². The fourth-order valence-corrected chi connectivity index (χ4v) is 2.70. The molecule has 0 bridgehead atoms. The number of carbonyl (C=O) groups excluding carboxylic acids is 3. The summed E-state index contributed by atoms with van der Waals surface area (Å²) in [5.41, 5.74) is 2.02. The first-order valence-electron chi connectivity index (χ1n) is 9.12. The van der Waals surface area contributed by atoms with Crippen molar-refractivity contribution < 1.29 is 19.1 Å². The average molecular weight is 408 g/mol. The van der Waals surface area contributed by atoms with E-state index in [1.54, 1.807) is 24.3 Å². The quantitative estimate of drug-likeness (QED) is 0.542. The summed E-state index contributed by atoms with van der Waals surface area (Å²) in [5, 5.41) is 16.2. The summed E-state index contributed by atoms with van der Waals surface area (Å²) in [4.78, 5) is 35.8. The van der Waals surface area contributed by atoms with E-state index in [0.717, 1.165) is 5.56 Å². The molecule has 3 aromatic rings. The van der Waals surface area contributed by atoms with E-state index in [9.17, 15) is 14.4 Å². The average Bonchev–Trinajstić information content (AvgIpc) is 3.26. The van der Waals surface area contributed by atoms with Crippen molar-refractivity contribution in [1.29, 1.82) is 0 Å².